The van der Waals surface area contributed by atoms with Gasteiger partial charge in [0.05, 0.1) is 18.8 Å². The van der Waals surface area contributed by atoms with E-state index in [9.17, 15) is 64.0 Å². The molecule has 67 heavy (non-hydrogen) atoms. The van der Waals surface area contributed by atoms with Gasteiger partial charge in [0.25, 0.3) is 0 Å². The summed E-state index contributed by atoms with van der Waals surface area (Å²) in [6.07, 6.45) is 20.5. The maximum Gasteiger partial charge on any atom is 0.472 e. The van der Waals surface area contributed by atoms with Crippen LogP contribution < -0.4 is 0 Å². The summed E-state index contributed by atoms with van der Waals surface area (Å²) in [6, 6.07) is 0. The molecule has 20 heteroatoms. The normalized spacial score (nSPS) is 22.9. The van der Waals surface area contributed by atoms with Gasteiger partial charge in [-0.05, 0) is 77.0 Å². The zero-order valence-corrected chi connectivity index (χ0v) is 41.3. The minimum atomic E-state index is -5.40. The molecule has 10 atom stereocenters. The van der Waals surface area contributed by atoms with Gasteiger partial charge in [0.2, 0.25) is 0 Å². The second-order valence-corrected chi connectivity index (χ2v) is 19.3. The molecule has 18 nitrogen and oxygen atoms in total. The highest BCUT2D eigenvalue weighted by Gasteiger charge is 2.54. The minimum absolute atomic E-state index is 0.0291. The Morgan fingerprint density at radius 3 is 1.63 bits per heavy atom. The maximum absolute atomic E-state index is 13.0. The molecule has 0 spiro atoms. The highest BCUT2D eigenvalue weighted by Crippen LogP contribution is 2.49. The number of hydrogen-bond acceptors (Lipinski definition) is 15. The van der Waals surface area contributed by atoms with Crippen LogP contribution in [0.3, 0.4) is 0 Å². The van der Waals surface area contributed by atoms with Gasteiger partial charge in [-0.25, -0.2) is 9.13 Å². The summed E-state index contributed by atoms with van der Waals surface area (Å²) < 4.78 is 49.2. The Morgan fingerprint density at radius 1 is 0.552 bits per heavy atom. The Balaban J connectivity index is 2.70. The zero-order chi connectivity index (χ0) is 49.9. The molecule has 388 valence electrons. The summed E-state index contributed by atoms with van der Waals surface area (Å²) in [6.45, 7) is 2.72. The number of aliphatic hydroxyl groups is 6. The van der Waals surface area contributed by atoms with Gasteiger partial charge in [0.1, 0.15) is 43.2 Å². The monoisotopic (exact) mass is 996 g/mol. The van der Waals surface area contributed by atoms with Crippen LogP contribution >= 0.6 is 15.6 Å². The number of phosphoric ester groups is 2. The van der Waals surface area contributed by atoms with Crippen LogP contribution in [0.2, 0.25) is 0 Å². The molecule has 1 rings (SSSR count). The lowest BCUT2D eigenvalue weighted by atomic mass is 9.85. The molecule has 0 amide bonds. The molecular weight excluding hydrogens is 914 g/mol. The van der Waals surface area contributed by atoms with E-state index in [1.165, 1.54) is 38.5 Å². The highest BCUT2D eigenvalue weighted by atomic mass is 31.2. The number of esters is 2. The van der Waals surface area contributed by atoms with Gasteiger partial charge >= 0.3 is 27.6 Å². The molecule has 0 saturated heterocycles. The van der Waals surface area contributed by atoms with E-state index in [0.29, 0.717) is 12.8 Å². The molecule has 1 aliphatic carbocycles. The van der Waals surface area contributed by atoms with E-state index in [-0.39, 0.29) is 32.1 Å². The average Bonchev–Trinajstić information content (AvgIpc) is 3.28. The molecule has 0 aliphatic heterocycles. The first-order valence-electron chi connectivity index (χ1n) is 24.0. The number of carbonyl (C=O) groups is 2. The lowest BCUT2D eigenvalue weighted by Gasteiger charge is -2.43. The summed E-state index contributed by atoms with van der Waals surface area (Å²) in [5, 5.41) is 62.0. The standard InChI is InChI=1S/C47H82O18P2/c1-3-5-7-9-11-13-15-17-18-19-21-23-25-27-29-33-41(51)63-37(36-62-67(59,60)65-47-44(54)42(52)43(53)46(45(47)55)64-66(56,57)58)35-61-40(50)34-30-32-39(49)38(48)31-28-26-24-22-20-16-14-12-10-8-6-4-2/h6,8,12,14,17-18,20,22,26,28,37-39,42-49,52-55H,3-5,7,9-11,13,15-16,19,21,23-25,27,29-36H2,1-2H3,(H,59,60)(H2,56,57,58)/b8-6-,14-12-,18-17-,22-20-,28-26-/t37-,38+,39+,42?,43?,44?,45?,46-,47+/m1/s1. The number of ether oxygens (including phenoxy) is 2. The van der Waals surface area contributed by atoms with E-state index >= 15 is 0 Å². The smallest absolute Gasteiger partial charge is 0.462 e. The van der Waals surface area contributed by atoms with Crippen LogP contribution in [0.4, 0.5) is 0 Å². The number of rotatable bonds is 39. The second-order valence-electron chi connectivity index (χ2n) is 16.8. The van der Waals surface area contributed by atoms with Crippen molar-refractivity contribution in [3.63, 3.8) is 0 Å². The minimum Gasteiger partial charge on any atom is -0.462 e. The number of allylic oxidation sites excluding steroid dienone is 9. The fourth-order valence-electron chi connectivity index (χ4n) is 6.93. The van der Waals surface area contributed by atoms with Crippen LogP contribution in [0.5, 0.6) is 0 Å². The van der Waals surface area contributed by atoms with Gasteiger partial charge < -0.3 is 54.8 Å². The van der Waals surface area contributed by atoms with E-state index < -0.39 is 95.7 Å². The van der Waals surface area contributed by atoms with E-state index in [2.05, 4.69) is 54.8 Å². The van der Waals surface area contributed by atoms with Crippen molar-refractivity contribution in [2.75, 3.05) is 13.2 Å². The Hall–Kier alpha value is -2.38. The molecule has 1 aliphatic rings. The molecular formula is C47H82O18P2. The van der Waals surface area contributed by atoms with Crippen molar-refractivity contribution in [3.8, 4) is 0 Å². The van der Waals surface area contributed by atoms with Crippen molar-refractivity contribution in [2.45, 2.75) is 210 Å². The van der Waals surface area contributed by atoms with Crippen LogP contribution in [0.15, 0.2) is 60.8 Å². The van der Waals surface area contributed by atoms with E-state index in [0.717, 1.165) is 57.8 Å². The van der Waals surface area contributed by atoms with Crippen molar-refractivity contribution >= 4 is 27.6 Å². The van der Waals surface area contributed by atoms with Crippen LogP contribution in [0.1, 0.15) is 155 Å². The fraction of sp³-hybridized carbons (Fsp3) is 0.745. The van der Waals surface area contributed by atoms with Gasteiger partial charge in [0.15, 0.2) is 6.10 Å². The Kier molecular flexibility index (Phi) is 35.0. The Labute approximate surface area is 397 Å². The van der Waals surface area contributed by atoms with Gasteiger partial charge in [-0.3, -0.25) is 23.2 Å². The molecule has 0 aromatic rings. The van der Waals surface area contributed by atoms with Gasteiger partial charge in [-0.1, -0.05) is 126 Å². The molecule has 0 aromatic carbocycles. The van der Waals surface area contributed by atoms with Crippen LogP contribution in [-0.2, 0) is 41.8 Å². The molecule has 1 fully saturated rings. The van der Waals surface area contributed by atoms with Gasteiger partial charge in [-0.2, -0.15) is 0 Å². The van der Waals surface area contributed by atoms with Crippen molar-refractivity contribution in [2.24, 2.45) is 0 Å². The predicted octanol–water partition coefficient (Wildman–Crippen LogP) is 7.00. The molecule has 0 heterocycles. The molecule has 1 saturated carbocycles. The molecule has 5 unspecified atom stereocenters. The highest BCUT2D eigenvalue weighted by molar-refractivity contribution is 7.47. The fourth-order valence-corrected chi connectivity index (χ4v) is 8.47. The largest absolute Gasteiger partial charge is 0.472 e. The maximum atomic E-state index is 13.0. The summed E-state index contributed by atoms with van der Waals surface area (Å²) >= 11 is 0. The van der Waals surface area contributed by atoms with Crippen molar-refractivity contribution in [3.05, 3.63) is 60.8 Å². The Bertz CT molecular complexity index is 1560. The van der Waals surface area contributed by atoms with Crippen LogP contribution in [0.25, 0.3) is 0 Å². The quantitative estimate of drug-likeness (QED) is 0.0130. The molecule has 9 N–H and O–H groups in total. The van der Waals surface area contributed by atoms with Crippen molar-refractivity contribution in [1.82, 2.24) is 0 Å². The van der Waals surface area contributed by atoms with Crippen molar-refractivity contribution < 1.29 is 87.1 Å². The third kappa shape index (κ3) is 31.5. The summed E-state index contributed by atoms with van der Waals surface area (Å²) in [5.41, 5.74) is 0. The summed E-state index contributed by atoms with van der Waals surface area (Å²) in [5.74, 6) is -1.51. The number of hydrogen-bond donors (Lipinski definition) is 9. The summed E-state index contributed by atoms with van der Waals surface area (Å²) in [4.78, 5) is 54.3. The Morgan fingerprint density at radius 2 is 1.06 bits per heavy atom. The second kappa shape index (κ2) is 37.4. The van der Waals surface area contributed by atoms with Gasteiger partial charge in [-0.15, -0.1) is 0 Å². The zero-order valence-electron chi connectivity index (χ0n) is 39.5. The predicted molar refractivity (Wildman–Crippen MR) is 253 cm³/mol. The molecule has 0 aromatic heterocycles. The first-order valence-corrected chi connectivity index (χ1v) is 27.0. The number of unbranched alkanes of at least 4 members (excludes halogenated alkanes) is 11. The van der Waals surface area contributed by atoms with Crippen molar-refractivity contribution in [1.29, 1.82) is 0 Å². The lowest BCUT2D eigenvalue weighted by molar-refractivity contribution is -0.216. The average molecular weight is 997 g/mol. The first kappa shape index (κ1) is 62.6. The van der Waals surface area contributed by atoms with E-state index in [1.807, 2.05) is 18.2 Å². The first-order chi connectivity index (χ1) is 31.9. The van der Waals surface area contributed by atoms with E-state index in [1.54, 1.807) is 6.08 Å². The SMILES string of the molecule is CC/C=C\C/C=C\C/C=C\C/C=C\C[C@H](O)[C@@H](O)CCCC(=O)OC[C@H](COP(=O)(O)O[C@H]1C(O)C(O)C(O)[C@@H](OP(=O)(O)O)C1O)OC(=O)CCCCCCC/C=C\CCCCCCCC. The van der Waals surface area contributed by atoms with Crippen LogP contribution in [-0.4, -0.2) is 125 Å². The number of phosphoric acid groups is 2. The third-order valence-electron chi connectivity index (χ3n) is 10.8. The lowest BCUT2D eigenvalue weighted by Crippen LogP contribution is -2.64. The summed E-state index contributed by atoms with van der Waals surface area (Å²) in [7, 11) is -10.8. The molecule has 0 radical (unpaired) electrons. The van der Waals surface area contributed by atoms with Crippen LogP contribution in [0, 0.1) is 0 Å². The van der Waals surface area contributed by atoms with Gasteiger partial charge in [0, 0.05) is 12.8 Å². The number of aliphatic hydroxyl groups excluding tert-OH is 6. The number of carbonyl (C=O) groups excluding carboxylic acids is 2. The molecule has 0 bridgehead atoms. The third-order valence-corrected chi connectivity index (χ3v) is 12.3. The topological polar surface area (TPSA) is 296 Å². The van der Waals surface area contributed by atoms with E-state index in [4.69, 9.17) is 18.5 Å².